The van der Waals surface area contributed by atoms with Crippen LogP contribution in [0.1, 0.15) is 47.2 Å². The van der Waals surface area contributed by atoms with Gasteiger partial charge in [-0.25, -0.2) is 0 Å². The average Bonchev–Trinajstić information content (AvgIpc) is 2.66. The molecule has 0 bridgehead atoms. The maximum Gasteiger partial charge on any atom is 0.224 e. The summed E-state index contributed by atoms with van der Waals surface area (Å²) in [6.07, 6.45) is 4.86. The number of methoxy groups -OCH3 is 1. The third-order valence-corrected chi connectivity index (χ3v) is 4.76. The topological polar surface area (TPSA) is 81.4 Å². The predicted molar refractivity (Wildman–Crippen MR) is 110 cm³/mol. The van der Waals surface area contributed by atoms with Gasteiger partial charge in [-0.1, -0.05) is 12.1 Å². The molecule has 1 amide bonds. The van der Waals surface area contributed by atoms with Crippen molar-refractivity contribution in [2.75, 3.05) is 18.2 Å². The highest BCUT2D eigenvalue weighted by molar-refractivity contribution is 6.00. The van der Waals surface area contributed by atoms with Crippen LogP contribution in [0.3, 0.4) is 0 Å². The molecule has 0 atom stereocenters. The van der Waals surface area contributed by atoms with E-state index in [2.05, 4.69) is 11.4 Å². The number of aryl methyl sites for hydroxylation is 2. The summed E-state index contributed by atoms with van der Waals surface area (Å²) in [6.45, 7) is 0. The number of amides is 1. The van der Waals surface area contributed by atoms with Crippen molar-refractivity contribution in [3.05, 3.63) is 53.1 Å². The Hall–Kier alpha value is -2.53. The van der Waals surface area contributed by atoms with E-state index in [-0.39, 0.29) is 36.9 Å². The molecule has 0 unspecified atom stereocenters. The number of ketones is 1. The van der Waals surface area contributed by atoms with Gasteiger partial charge < -0.3 is 15.8 Å². The number of anilines is 2. The van der Waals surface area contributed by atoms with Crippen LogP contribution in [-0.2, 0) is 17.6 Å². The highest BCUT2D eigenvalue weighted by Crippen LogP contribution is 2.25. The number of Topliss-reactive ketones (excluding diaryl/α,β-unsaturated/α-hetero) is 1. The zero-order valence-electron chi connectivity index (χ0n) is 15.4. The second kappa shape index (κ2) is 9.42. The van der Waals surface area contributed by atoms with Gasteiger partial charge in [-0.2, -0.15) is 0 Å². The van der Waals surface area contributed by atoms with Crippen molar-refractivity contribution in [1.82, 2.24) is 0 Å². The summed E-state index contributed by atoms with van der Waals surface area (Å²) in [5.41, 5.74) is 10.2. The van der Waals surface area contributed by atoms with Crippen LogP contribution in [0.4, 0.5) is 11.4 Å². The van der Waals surface area contributed by atoms with E-state index in [0.29, 0.717) is 22.7 Å². The molecule has 3 rings (SSSR count). The molecule has 144 valence electrons. The Kier molecular flexibility index (Phi) is 7.25. The van der Waals surface area contributed by atoms with Gasteiger partial charge in [0.2, 0.25) is 5.91 Å². The normalized spacial score (nSPS) is 12.5. The van der Waals surface area contributed by atoms with Gasteiger partial charge >= 0.3 is 0 Å². The molecule has 3 N–H and O–H groups in total. The number of nitrogen functional groups attached to an aromatic ring is 1. The fourth-order valence-corrected chi connectivity index (χ4v) is 3.31. The minimum Gasteiger partial charge on any atom is -0.495 e. The van der Waals surface area contributed by atoms with Crippen LogP contribution in [0.15, 0.2) is 36.4 Å². The van der Waals surface area contributed by atoms with Crippen LogP contribution in [0.5, 0.6) is 5.75 Å². The molecule has 0 aromatic heterocycles. The SMILES string of the molecule is COc1ccc(NC(=O)CCC(=O)c2ccc3c(c2)CCCC3)cc1N.Cl. The molecule has 0 heterocycles. The Morgan fingerprint density at radius 1 is 1.04 bits per heavy atom. The Morgan fingerprint density at radius 3 is 2.48 bits per heavy atom. The van der Waals surface area contributed by atoms with Gasteiger partial charge in [-0.3, -0.25) is 9.59 Å². The van der Waals surface area contributed by atoms with Crippen LogP contribution in [-0.4, -0.2) is 18.8 Å². The van der Waals surface area contributed by atoms with E-state index in [1.807, 2.05) is 12.1 Å². The first-order valence-electron chi connectivity index (χ1n) is 8.95. The quantitative estimate of drug-likeness (QED) is 0.574. The van der Waals surface area contributed by atoms with Gasteiger partial charge in [0, 0.05) is 24.1 Å². The van der Waals surface area contributed by atoms with Gasteiger partial charge in [0.1, 0.15) is 5.75 Å². The number of ether oxygens (including phenoxy) is 1. The molecule has 1 aliphatic carbocycles. The molecule has 2 aromatic carbocycles. The summed E-state index contributed by atoms with van der Waals surface area (Å²) in [5.74, 6) is 0.356. The first-order valence-corrected chi connectivity index (χ1v) is 8.95. The Morgan fingerprint density at radius 2 is 1.78 bits per heavy atom. The molecule has 0 fully saturated rings. The van der Waals surface area contributed by atoms with E-state index >= 15 is 0 Å². The van der Waals surface area contributed by atoms with E-state index < -0.39 is 0 Å². The number of benzene rings is 2. The van der Waals surface area contributed by atoms with Gasteiger partial charge in [0.15, 0.2) is 5.78 Å². The first-order chi connectivity index (χ1) is 12.6. The van der Waals surface area contributed by atoms with E-state index in [1.165, 1.54) is 31.1 Å². The van der Waals surface area contributed by atoms with Crippen molar-refractivity contribution < 1.29 is 14.3 Å². The highest BCUT2D eigenvalue weighted by atomic mass is 35.5. The number of nitrogens with one attached hydrogen (secondary N) is 1. The van der Waals surface area contributed by atoms with Crippen LogP contribution >= 0.6 is 12.4 Å². The van der Waals surface area contributed by atoms with Gasteiger partial charge in [-0.05, 0) is 61.1 Å². The second-order valence-corrected chi connectivity index (χ2v) is 6.62. The molecule has 0 radical (unpaired) electrons. The van der Waals surface area contributed by atoms with Crippen LogP contribution in [0, 0.1) is 0 Å². The number of hydrogen-bond donors (Lipinski definition) is 2. The van der Waals surface area contributed by atoms with Crippen LogP contribution in [0.25, 0.3) is 0 Å². The highest BCUT2D eigenvalue weighted by Gasteiger charge is 2.14. The van der Waals surface area contributed by atoms with Crippen molar-refractivity contribution in [1.29, 1.82) is 0 Å². The summed E-state index contributed by atoms with van der Waals surface area (Å²) in [4.78, 5) is 24.5. The standard InChI is InChI=1S/C21H24N2O3.ClH/c1-26-20-10-8-17(13-18(20)22)23-21(25)11-9-19(24)16-7-6-14-4-2-3-5-15(14)12-16;/h6-8,10,12-13H,2-5,9,11,22H2,1H3,(H,23,25);1H. The Balaban J connectivity index is 0.00000261. The number of fused-ring (bicyclic) bond motifs is 1. The van der Waals surface area contributed by atoms with Crippen molar-refractivity contribution in [3.63, 3.8) is 0 Å². The molecule has 5 nitrogen and oxygen atoms in total. The molecule has 0 saturated carbocycles. The summed E-state index contributed by atoms with van der Waals surface area (Å²) < 4.78 is 5.09. The first kappa shape index (κ1) is 20.8. The lowest BCUT2D eigenvalue weighted by atomic mass is 9.89. The number of rotatable bonds is 6. The minimum atomic E-state index is -0.208. The van der Waals surface area contributed by atoms with Crippen LogP contribution < -0.4 is 15.8 Å². The Labute approximate surface area is 165 Å². The van der Waals surface area contributed by atoms with Gasteiger partial charge in [0.05, 0.1) is 12.8 Å². The molecule has 27 heavy (non-hydrogen) atoms. The zero-order chi connectivity index (χ0) is 18.5. The summed E-state index contributed by atoms with van der Waals surface area (Å²) in [6, 6.07) is 11.0. The Bertz CT molecular complexity index is 836. The molecule has 1 aliphatic rings. The van der Waals surface area contributed by atoms with Gasteiger partial charge in [-0.15, -0.1) is 12.4 Å². The van der Waals surface area contributed by atoms with E-state index in [9.17, 15) is 9.59 Å². The predicted octanol–water partition coefficient (Wildman–Crippen LogP) is 4.18. The zero-order valence-corrected chi connectivity index (χ0v) is 16.2. The molecule has 0 spiro atoms. The van der Waals surface area contributed by atoms with Gasteiger partial charge in [0.25, 0.3) is 0 Å². The fraction of sp³-hybridized carbons (Fsp3) is 0.333. The van der Waals surface area contributed by atoms with E-state index in [4.69, 9.17) is 10.5 Å². The van der Waals surface area contributed by atoms with Crippen molar-refractivity contribution >= 4 is 35.5 Å². The van der Waals surface area contributed by atoms with Crippen LogP contribution in [0.2, 0.25) is 0 Å². The maximum atomic E-state index is 12.4. The minimum absolute atomic E-state index is 0. The largest absolute Gasteiger partial charge is 0.495 e. The number of nitrogens with two attached hydrogens (primary N) is 1. The summed E-state index contributed by atoms with van der Waals surface area (Å²) in [5, 5.41) is 2.76. The van der Waals surface area contributed by atoms with Crippen molar-refractivity contribution in [2.24, 2.45) is 0 Å². The third kappa shape index (κ3) is 5.23. The second-order valence-electron chi connectivity index (χ2n) is 6.62. The lowest BCUT2D eigenvalue weighted by Crippen LogP contribution is -2.14. The fourth-order valence-electron chi connectivity index (χ4n) is 3.31. The lowest BCUT2D eigenvalue weighted by molar-refractivity contribution is -0.116. The molecule has 2 aromatic rings. The number of halogens is 1. The van der Waals surface area contributed by atoms with Crippen molar-refractivity contribution in [2.45, 2.75) is 38.5 Å². The van der Waals surface area contributed by atoms with E-state index in [0.717, 1.165) is 12.8 Å². The molecule has 6 heteroatoms. The smallest absolute Gasteiger partial charge is 0.224 e. The molecular formula is C21H25ClN2O3. The maximum absolute atomic E-state index is 12.4. The number of hydrogen-bond acceptors (Lipinski definition) is 4. The lowest BCUT2D eigenvalue weighted by Gasteiger charge is -2.16. The molecular weight excluding hydrogens is 364 g/mol. The summed E-state index contributed by atoms with van der Waals surface area (Å²) >= 11 is 0. The molecule has 0 saturated heterocycles. The monoisotopic (exact) mass is 388 g/mol. The number of carbonyl (C=O) groups excluding carboxylic acids is 2. The van der Waals surface area contributed by atoms with Crippen molar-refractivity contribution in [3.8, 4) is 5.75 Å². The third-order valence-electron chi connectivity index (χ3n) is 4.76. The van der Waals surface area contributed by atoms with E-state index in [1.54, 1.807) is 18.2 Å². The number of carbonyl (C=O) groups is 2. The summed E-state index contributed by atoms with van der Waals surface area (Å²) in [7, 11) is 1.54. The average molecular weight is 389 g/mol. The molecule has 0 aliphatic heterocycles.